The molecule has 1 spiro atoms. The molecule has 7 nitrogen and oxygen atoms in total. The molecule has 0 bridgehead atoms. The molecule has 200 valence electrons. The van der Waals surface area contributed by atoms with Gasteiger partial charge in [0.25, 0.3) is 0 Å². The quantitative estimate of drug-likeness (QED) is 0.237. The minimum atomic E-state index is -0.968. The van der Waals surface area contributed by atoms with Crippen LogP contribution in [0.5, 0.6) is 0 Å². The van der Waals surface area contributed by atoms with Gasteiger partial charge in [-0.1, -0.05) is 71.1 Å². The zero-order valence-corrected chi connectivity index (χ0v) is 21.8. The first-order valence-electron chi connectivity index (χ1n) is 14.0. The van der Waals surface area contributed by atoms with Gasteiger partial charge in [0.15, 0.2) is 5.79 Å². The van der Waals surface area contributed by atoms with E-state index in [4.69, 9.17) is 18.9 Å². The Morgan fingerprint density at radius 3 is 2.37 bits per heavy atom. The molecule has 0 saturated carbocycles. The van der Waals surface area contributed by atoms with Crippen LogP contribution >= 0.6 is 0 Å². The molecule has 2 fully saturated rings. The molecule has 3 aliphatic rings. The third-order valence-corrected chi connectivity index (χ3v) is 7.37. The number of ether oxygens (including phenoxy) is 4. The lowest BCUT2D eigenvalue weighted by atomic mass is 9.92. The second kappa shape index (κ2) is 14.3. The fraction of sp³-hybridized carbons (Fsp3) is 0.857. The van der Waals surface area contributed by atoms with E-state index < -0.39 is 11.9 Å². The van der Waals surface area contributed by atoms with Gasteiger partial charge < -0.3 is 24.1 Å². The zero-order valence-electron chi connectivity index (χ0n) is 21.8. The van der Waals surface area contributed by atoms with E-state index in [1.165, 1.54) is 70.8 Å². The maximum absolute atomic E-state index is 11.7. The molecule has 0 radical (unpaired) electrons. The Balaban J connectivity index is 1.39. The number of carbonyl (C=O) groups excluding carboxylic acids is 2. The number of esters is 2. The largest absolute Gasteiger partial charge is 0.462 e. The lowest BCUT2D eigenvalue weighted by Gasteiger charge is -2.41. The highest BCUT2D eigenvalue weighted by Gasteiger charge is 2.53. The number of rotatable bonds is 15. The van der Waals surface area contributed by atoms with E-state index in [1.54, 1.807) is 6.08 Å². The number of carbonyl (C=O) groups is 2. The van der Waals surface area contributed by atoms with Gasteiger partial charge in [-0.15, -0.1) is 0 Å². The van der Waals surface area contributed by atoms with Crippen molar-refractivity contribution in [3.63, 3.8) is 0 Å². The fourth-order valence-electron chi connectivity index (χ4n) is 5.71. The normalized spacial score (nSPS) is 30.8. The van der Waals surface area contributed by atoms with Gasteiger partial charge in [-0.25, -0.2) is 4.79 Å². The highest BCUT2D eigenvalue weighted by molar-refractivity contribution is 5.83. The van der Waals surface area contributed by atoms with Crippen LogP contribution < -0.4 is 0 Å². The highest BCUT2D eigenvalue weighted by Crippen LogP contribution is 2.44. The summed E-state index contributed by atoms with van der Waals surface area (Å²) in [7, 11) is 0. The Bertz CT molecular complexity index is 693. The zero-order chi connectivity index (χ0) is 25.1. The molecule has 35 heavy (non-hydrogen) atoms. The van der Waals surface area contributed by atoms with E-state index in [0.29, 0.717) is 25.7 Å². The van der Waals surface area contributed by atoms with Gasteiger partial charge in [-0.2, -0.15) is 0 Å². The molecule has 3 aliphatic heterocycles. The molecular formula is C28H46O7. The standard InChI is InChI=1S/C28H46O7/c1-3-4-5-6-7-8-9-10-11-12-13-14-23(32-21(2)29)18-24-17-22(30)19-28(34-24)20-26-25(35-28)15-16-27(31)33-26/h15-16,22-26,30H,3-14,17-20H2,1-2H3/t22-,23-,24-,25+,26+,28+/m1/s1. The first kappa shape index (κ1) is 28.1. The van der Waals surface area contributed by atoms with E-state index in [0.717, 1.165) is 19.3 Å². The van der Waals surface area contributed by atoms with Crippen LogP contribution in [-0.2, 0) is 28.5 Å². The molecule has 0 aromatic carbocycles. The predicted octanol–water partition coefficient (Wildman–Crippen LogP) is 5.52. The first-order valence-corrected chi connectivity index (χ1v) is 14.0. The minimum Gasteiger partial charge on any atom is -0.462 e. The molecule has 2 saturated heterocycles. The van der Waals surface area contributed by atoms with E-state index in [2.05, 4.69) is 6.92 Å². The molecule has 0 aromatic heterocycles. The van der Waals surface area contributed by atoms with Crippen LogP contribution in [0.2, 0.25) is 0 Å². The van der Waals surface area contributed by atoms with Crippen LogP contribution in [-0.4, -0.2) is 53.4 Å². The smallest absolute Gasteiger partial charge is 0.330 e. The Labute approximate surface area is 210 Å². The summed E-state index contributed by atoms with van der Waals surface area (Å²) < 4.78 is 23.5. The van der Waals surface area contributed by atoms with Crippen LogP contribution in [0.15, 0.2) is 12.2 Å². The number of unbranched alkanes of at least 4 members (excludes halogenated alkanes) is 10. The Morgan fingerprint density at radius 2 is 1.71 bits per heavy atom. The molecular weight excluding hydrogens is 448 g/mol. The summed E-state index contributed by atoms with van der Waals surface area (Å²) in [5.74, 6) is -1.63. The van der Waals surface area contributed by atoms with Crippen LogP contribution in [0.25, 0.3) is 0 Å². The minimum absolute atomic E-state index is 0.236. The third-order valence-electron chi connectivity index (χ3n) is 7.37. The summed E-state index contributed by atoms with van der Waals surface area (Å²) >= 11 is 0. The average Bonchev–Trinajstić information content (AvgIpc) is 3.12. The fourth-order valence-corrected chi connectivity index (χ4v) is 5.71. The van der Waals surface area contributed by atoms with Crippen molar-refractivity contribution in [1.82, 2.24) is 0 Å². The molecule has 3 heterocycles. The Hall–Kier alpha value is -1.44. The SMILES string of the molecule is CCCCCCCCCCCCC[C@H](C[C@H]1C[C@@H](O)C[C@]2(C[C@@H]3OC(=O)C=C[C@@H]3O2)O1)OC(C)=O. The summed E-state index contributed by atoms with van der Waals surface area (Å²) in [6.45, 7) is 3.69. The molecule has 1 N–H and O–H groups in total. The van der Waals surface area contributed by atoms with Crippen molar-refractivity contribution < 1.29 is 33.6 Å². The number of fused-ring (bicyclic) bond motifs is 1. The van der Waals surface area contributed by atoms with E-state index in [-0.39, 0.29) is 36.4 Å². The summed E-state index contributed by atoms with van der Waals surface area (Å²) in [5, 5.41) is 10.6. The van der Waals surface area contributed by atoms with Gasteiger partial charge >= 0.3 is 11.9 Å². The summed E-state index contributed by atoms with van der Waals surface area (Å²) in [6.07, 6.45) is 17.8. The second-order valence-electron chi connectivity index (χ2n) is 10.7. The highest BCUT2D eigenvalue weighted by atomic mass is 16.7. The Morgan fingerprint density at radius 1 is 1.06 bits per heavy atom. The maximum atomic E-state index is 11.7. The van der Waals surface area contributed by atoms with Crippen LogP contribution in [0.3, 0.4) is 0 Å². The molecule has 7 heteroatoms. The van der Waals surface area contributed by atoms with Crippen molar-refractivity contribution in [3.05, 3.63) is 12.2 Å². The van der Waals surface area contributed by atoms with Crippen molar-refractivity contribution >= 4 is 11.9 Å². The monoisotopic (exact) mass is 494 g/mol. The third kappa shape index (κ3) is 9.51. The van der Waals surface area contributed by atoms with Crippen LogP contribution in [0, 0.1) is 0 Å². The first-order chi connectivity index (χ1) is 16.9. The van der Waals surface area contributed by atoms with Gasteiger partial charge in [-0.3, -0.25) is 4.79 Å². The van der Waals surface area contributed by atoms with Gasteiger partial charge in [0.1, 0.15) is 18.3 Å². The van der Waals surface area contributed by atoms with Crippen LogP contribution in [0.1, 0.15) is 117 Å². The van der Waals surface area contributed by atoms with Crippen molar-refractivity contribution in [1.29, 1.82) is 0 Å². The van der Waals surface area contributed by atoms with Gasteiger partial charge in [0.2, 0.25) is 0 Å². The van der Waals surface area contributed by atoms with Crippen molar-refractivity contribution in [2.24, 2.45) is 0 Å². The molecule has 0 aromatic rings. The summed E-state index contributed by atoms with van der Waals surface area (Å²) in [4.78, 5) is 23.3. The molecule has 0 aliphatic carbocycles. The molecule has 0 unspecified atom stereocenters. The summed E-state index contributed by atoms with van der Waals surface area (Å²) in [5.41, 5.74) is 0. The lowest BCUT2D eigenvalue weighted by molar-refractivity contribution is -0.285. The maximum Gasteiger partial charge on any atom is 0.330 e. The van der Waals surface area contributed by atoms with E-state index in [1.807, 2.05) is 0 Å². The van der Waals surface area contributed by atoms with Gasteiger partial charge in [0, 0.05) is 32.3 Å². The van der Waals surface area contributed by atoms with Crippen molar-refractivity contribution in [2.45, 2.75) is 153 Å². The van der Waals surface area contributed by atoms with Crippen molar-refractivity contribution in [2.75, 3.05) is 0 Å². The van der Waals surface area contributed by atoms with Gasteiger partial charge in [-0.05, 0) is 25.3 Å². The second-order valence-corrected chi connectivity index (χ2v) is 10.7. The molecule has 0 amide bonds. The molecule has 6 atom stereocenters. The number of aliphatic hydroxyl groups is 1. The number of hydrogen-bond acceptors (Lipinski definition) is 7. The summed E-state index contributed by atoms with van der Waals surface area (Å²) in [6, 6.07) is 0. The average molecular weight is 495 g/mol. The van der Waals surface area contributed by atoms with Crippen LogP contribution in [0.4, 0.5) is 0 Å². The van der Waals surface area contributed by atoms with Gasteiger partial charge in [0.05, 0.1) is 12.2 Å². The topological polar surface area (TPSA) is 91.3 Å². The van der Waals surface area contributed by atoms with E-state index >= 15 is 0 Å². The van der Waals surface area contributed by atoms with E-state index in [9.17, 15) is 14.7 Å². The molecule has 3 rings (SSSR count). The predicted molar refractivity (Wildman–Crippen MR) is 133 cm³/mol. The number of aliphatic hydroxyl groups excluding tert-OH is 1. The Kier molecular flexibility index (Phi) is 11.5. The van der Waals surface area contributed by atoms with Crippen molar-refractivity contribution in [3.8, 4) is 0 Å². The number of hydrogen-bond donors (Lipinski definition) is 1. The lowest BCUT2D eigenvalue weighted by Crippen LogP contribution is -2.47.